The predicted molar refractivity (Wildman–Crippen MR) is 105 cm³/mol. The van der Waals surface area contributed by atoms with Crippen molar-refractivity contribution in [1.29, 1.82) is 0 Å². The number of allylic oxidation sites excluding steroid dienone is 4. The second kappa shape index (κ2) is 5.69. The Morgan fingerprint density at radius 1 is 1.15 bits per heavy atom. The van der Waals surface area contributed by atoms with Crippen molar-refractivity contribution in [3.05, 3.63) is 23.8 Å². The maximum Gasteiger partial charge on any atom is 0.110 e. The van der Waals surface area contributed by atoms with E-state index in [9.17, 15) is 5.11 Å². The number of nitrogens with two attached hydrogens (primary N) is 2. The Labute approximate surface area is 156 Å². The molecule has 6 atom stereocenters. The summed E-state index contributed by atoms with van der Waals surface area (Å²) in [6, 6.07) is 0. The summed E-state index contributed by atoms with van der Waals surface area (Å²) >= 11 is 0. The van der Waals surface area contributed by atoms with E-state index < -0.39 is 5.60 Å². The van der Waals surface area contributed by atoms with Crippen LogP contribution in [0.1, 0.15) is 59.3 Å². The molecule has 5 heteroatoms. The highest BCUT2D eigenvalue weighted by Crippen LogP contribution is 2.66. The van der Waals surface area contributed by atoms with Crippen LogP contribution in [0.15, 0.2) is 34.0 Å². The van der Waals surface area contributed by atoms with E-state index in [-0.39, 0.29) is 10.8 Å². The highest BCUT2D eigenvalue weighted by atomic mass is 16.3. The van der Waals surface area contributed by atoms with Gasteiger partial charge in [0.2, 0.25) is 0 Å². The summed E-state index contributed by atoms with van der Waals surface area (Å²) in [6.07, 6.45) is 12.9. The van der Waals surface area contributed by atoms with Crippen molar-refractivity contribution in [2.24, 2.45) is 50.5 Å². The molecule has 0 heterocycles. The lowest BCUT2D eigenvalue weighted by Gasteiger charge is -2.57. The number of hydrogen-bond acceptors (Lipinski definition) is 5. The molecule has 4 aliphatic carbocycles. The summed E-state index contributed by atoms with van der Waals surface area (Å²) in [5, 5.41) is 19.3. The molecule has 0 aliphatic heterocycles. The third-order valence-electron chi connectivity index (χ3n) is 8.64. The minimum absolute atomic E-state index is 0.151. The van der Waals surface area contributed by atoms with Crippen molar-refractivity contribution < 1.29 is 5.11 Å². The van der Waals surface area contributed by atoms with E-state index in [0.717, 1.165) is 44.2 Å². The first kappa shape index (κ1) is 17.8. The van der Waals surface area contributed by atoms with Crippen LogP contribution < -0.4 is 11.7 Å². The van der Waals surface area contributed by atoms with Crippen LogP contribution in [0.4, 0.5) is 0 Å². The van der Waals surface area contributed by atoms with Crippen molar-refractivity contribution in [3.8, 4) is 0 Å². The van der Waals surface area contributed by atoms with Gasteiger partial charge in [0.15, 0.2) is 0 Å². The van der Waals surface area contributed by atoms with E-state index in [1.165, 1.54) is 5.57 Å². The topological polar surface area (TPSA) is 97.0 Å². The second-order valence-electron chi connectivity index (χ2n) is 9.36. The number of hydrogen-bond donors (Lipinski definition) is 3. The summed E-state index contributed by atoms with van der Waals surface area (Å²) in [4.78, 5) is 0. The van der Waals surface area contributed by atoms with Crippen molar-refractivity contribution in [2.45, 2.75) is 64.9 Å². The van der Waals surface area contributed by atoms with Gasteiger partial charge < -0.3 is 16.8 Å². The lowest BCUT2D eigenvalue weighted by atomic mass is 9.48. The second-order valence-corrected chi connectivity index (χ2v) is 9.36. The first-order valence-corrected chi connectivity index (χ1v) is 9.94. The summed E-state index contributed by atoms with van der Waals surface area (Å²) in [7, 11) is 0. The molecule has 2 fully saturated rings. The van der Waals surface area contributed by atoms with E-state index >= 15 is 0 Å². The van der Waals surface area contributed by atoms with Gasteiger partial charge in [-0.25, -0.2) is 0 Å². The van der Waals surface area contributed by atoms with Gasteiger partial charge in [-0.15, -0.1) is 0 Å². The van der Waals surface area contributed by atoms with Crippen LogP contribution in [0.5, 0.6) is 0 Å². The van der Waals surface area contributed by atoms with E-state index in [2.05, 4.69) is 42.3 Å². The first-order chi connectivity index (χ1) is 12.3. The minimum Gasteiger partial charge on any atom is -0.383 e. The molecule has 3 unspecified atom stereocenters. The summed E-state index contributed by atoms with van der Waals surface area (Å²) in [5.74, 6) is 12.7. The van der Waals surface area contributed by atoms with E-state index in [0.29, 0.717) is 23.5 Å². The molecule has 142 valence electrons. The Hall–Kier alpha value is -1.62. The Morgan fingerprint density at radius 3 is 2.58 bits per heavy atom. The van der Waals surface area contributed by atoms with Crippen LogP contribution in [-0.4, -0.2) is 22.1 Å². The molecule has 4 aliphatic rings. The summed E-state index contributed by atoms with van der Waals surface area (Å²) in [6.45, 7) is 6.56. The molecule has 4 rings (SSSR count). The molecule has 2 saturated carbocycles. The third kappa shape index (κ3) is 2.07. The smallest absolute Gasteiger partial charge is 0.110 e. The largest absolute Gasteiger partial charge is 0.383 e. The van der Waals surface area contributed by atoms with Crippen LogP contribution in [0, 0.1) is 28.6 Å². The van der Waals surface area contributed by atoms with Gasteiger partial charge in [0.25, 0.3) is 0 Å². The molecule has 0 radical (unpaired) electrons. The monoisotopic (exact) mass is 356 g/mol. The predicted octanol–water partition coefficient (Wildman–Crippen LogP) is 3.11. The zero-order valence-corrected chi connectivity index (χ0v) is 16.2. The van der Waals surface area contributed by atoms with Gasteiger partial charge in [-0.1, -0.05) is 26.0 Å². The van der Waals surface area contributed by atoms with Gasteiger partial charge >= 0.3 is 0 Å². The standard InChI is InChI=1S/C21H32N4O/c1-13(24-22)21(26)11-8-18-16-5-4-14-12-15(25-23)6-9-19(14,2)17(16)7-10-20(18,21)3/h4-5,12,16-18,26H,6-11,22-23H2,1-3H3/b24-13+,25-15-/t16?,17?,18?,19-,20-,21-/m0/s1. The quantitative estimate of drug-likeness (QED) is 0.382. The number of hydrazone groups is 2. The van der Waals surface area contributed by atoms with Crippen LogP contribution in [0.2, 0.25) is 0 Å². The average Bonchev–Trinajstić information content (AvgIpc) is 2.92. The molecule has 0 bridgehead atoms. The first-order valence-electron chi connectivity index (χ1n) is 9.94. The lowest BCUT2D eigenvalue weighted by Crippen LogP contribution is -2.56. The highest BCUT2D eigenvalue weighted by molar-refractivity contribution is 5.97. The van der Waals surface area contributed by atoms with Crippen molar-refractivity contribution in [3.63, 3.8) is 0 Å². The van der Waals surface area contributed by atoms with Crippen LogP contribution >= 0.6 is 0 Å². The van der Waals surface area contributed by atoms with Gasteiger partial charge in [-0.2, -0.15) is 10.2 Å². The van der Waals surface area contributed by atoms with E-state index in [1.807, 2.05) is 6.92 Å². The lowest BCUT2D eigenvalue weighted by molar-refractivity contribution is -0.0748. The Balaban J connectivity index is 1.74. The zero-order chi connectivity index (χ0) is 18.7. The molecule has 0 amide bonds. The molecule has 26 heavy (non-hydrogen) atoms. The Bertz CT molecular complexity index is 738. The molecule has 0 aromatic heterocycles. The van der Waals surface area contributed by atoms with Gasteiger partial charge in [-0.3, -0.25) is 0 Å². The van der Waals surface area contributed by atoms with Crippen molar-refractivity contribution in [2.75, 3.05) is 0 Å². The number of nitrogens with zero attached hydrogens (tertiary/aromatic N) is 2. The maximum atomic E-state index is 11.5. The fourth-order valence-corrected chi connectivity index (χ4v) is 6.83. The van der Waals surface area contributed by atoms with E-state index in [4.69, 9.17) is 11.7 Å². The SMILES string of the molecule is C/C(=N\N)[C@@]1(O)CCC2C3C=CC4=C/C(=N\N)CC[C@]4(C)C3CC[C@@]21C. The zero-order valence-electron chi connectivity index (χ0n) is 16.2. The highest BCUT2D eigenvalue weighted by Gasteiger charge is 2.64. The molecule has 5 nitrogen and oxygen atoms in total. The molecule has 5 N–H and O–H groups in total. The fraction of sp³-hybridized carbons (Fsp3) is 0.714. The van der Waals surface area contributed by atoms with Gasteiger partial charge in [0, 0.05) is 5.41 Å². The van der Waals surface area contributed by atoms with Crippen LogP contribution in [0.3, 0.4) is 0 Å². The summed E-state index contributed by atoms with van der Waals surface area (Å²) < 4.78 is 0. The van der Waals surface area contributed by atoms with Gasteiger partial charge in [0.1, 0.15) is 5.60 Å². The normalized spacial score (nSPS) is 49.4. The molecular weight excluding hydrogens is 324 g/mol. The number of rotatable bonds is 1. The third-order valence-corrected chi connectivity index (χ3v) is 8.64. The number of fused-ring (bicyclic) bond motifs is 5. The fourth-order valence-electron chi connectivity index (χ4n) is 6.83. The van der Waals surface area contributed by atoms with E-state index in [1.54, 1.807) is 0 Å². The van der Waals surface area contributed by atoms with Gasteiger partial charge in [0.05, 0.1) is 11.4 Å². The minimum atomic E-state index is -0.867. The molecule has 0 aromatic rings. The maximum absolute atomic E-state index is 11.5. The summed E-state index contributed by atoms with van der Waals surface area (Å²) in [5.41, 5.74) is 2.24. The van der Waals surface area contributed by atoms with Crippen molar-refractivity contribution >= 4 is 11.4 Å². The molecule has 0 aromatic carbocycles. The Kier molecular flexibility index (Phi) is 3.89. The molecule has 0 saturated heterocycles. The molecular formula is C21H32N4O. The van der Waals surface area contributed by atoms with Crippen LogP contribution in [0.25, 0.3) is 0 Å². The average molecular weight is 357 g/mol. The van der Waals surface area contributed by atoms with Gasteiger partial charge in [-0.05, 0) is 80.3 Å². The van der Waals surface area contributed by atoms with Crippen LogP contribution in [-0.2, 0) is 0 Å². The Morgan fingerprint density at radius 2 is 1.88 bits per heavy atom. The number of aliphatic hydroxyl groups is 1. The van der Waals surface area contributed by atoms with Crippen molar-refractivity contribution in [1.82, 2.24) is 0 Å². The molecule has 0 spiro atoms.